The molecule has 3 amide bonds. The molecule has 7 nitrogen and oxygen atoms in total. The van der Waals surface area contributed by atoms with Crippen LogP contribution < -0.4 is 10.6 Å². The fourth-order valence-corrected chi connectivity index (χ4v) is 3.48. The SMILES string of the molecule is CCCCNC(=O)C(c1cc(C)ccc1C)N(CCCC)C(=O)C(C)NC(=O)OC(C)(C)C. The van der Waals surface area contributed by atoms with Crippen molar-refractivity contribution in [1.82, 2.24) is 15.5 Å². The molecule has 7 heteroatoms. The van der Waals surface area contributed by atoms with Gasteiger partial charge in [-0.25, -0.2) is 4.79 Å². The number of aryl methyl sites for hydroxylation is 2. The number of ether oxygens (including phenoxy) is 1. The van der Waals surface area contributed by atoms with Crippen molar-refractivity contribution in [2.24, 2.45) is 0 Å². The van der Waals surface area contributed by atoms with Crippen LogP contribution in [0.3, 0.4) is 0 Å². The maximum atomic E-state index is 13.6. The van der Waals surface area contributed by atoms with Gasteiger partial charge in [-0.05, 0) is 65.5 Å². The van der Waals surface area contributed by atoms with Gasteiger partial charge in [-0.3, -0.25) is 9.59 Å². The molecule has 0 aliphatic carbocycles. The molecule has 1 rings (SSSR count). The van der Waals surface area contributed by atoms with E-state index < -0.39 is 23.8 Å². The third-order valence-corrected chi connectivity index (χ3v) is 5.26. The predicted octanol–water partition coefficient (Wildman–Crippen LogP) is 4.80. The lowest BCUT2D eigenvalue weighted by atomic mass is 9.96. The van der Waals surface area contributed by atoms with Crippen LogP contribution in [0.2, 0.25) is 0 Å². The van der Waals surface area contributed by atoms with Gasteiger partial charge in [-0.2, -0.15) is 0 Å². The lowest BCUT2D eigenvalue weighted by Crippen LogP contribution is -2.52. The number of alkyl carbamates (subject to hydrolysis) is 1. The molecule has 2 atom stereocenters. The van der Waals surface area contributed by atoms with Crippen molar-refractivity contribution in [3.63, 3.8) is 0 Å². The number of nitrogens with one attached hydrogen (secondary N) is 2. The van der Waals surface area contributed by atoms with Crippen LogP contribution in [-0.2, 0) is 14.3 Å². The van der Waals surface area contributed by atoms with Crippen LogP contribution in [0.5, 0.6) is 0 Å². The van der Waals surface area contributed by atoms with E-state index in [1.165, 1.54) is 0 Å². The van der Waals surface area contributed by atoms with Crippen molar-refractivity contribution in [1.29, 1.82) is 0 Å². The van der Waals surface area contributed by atoms with E-state index in [0.717, 1.165) is 42.4 Å². The number of benzene rings is 1. The Hall–Kier alpha value is -2.57. The molecule has 0 heterocycles. The van der Waals surface area contributed by atoms with Crippen LogP contribution >= 0.6 is 0 Å². The predicted molar refractivity (Wildman–Crippen MR) is 132 cm³/mol. The lowest BCUT2D eigenvalue weighted by molar-refractivity contribution is -0.142. The van der Waals surface area contributed by atoms with Gasteiger partial charge in [0.15, 0.2) is 0 Å². The summed E-state index contributed by atoms with van der Waals surface area (Å²) in [6.45, 7) is 15.9. The topological polar surface area (TPSA) is 87.7 Å². The maximum Gasteiger partial charge on any atom is 0.408 e. The van der Waals surface area contributed by atoms with Crippen molar-refractivity contribution in [2.75, 3.05) is 13.1 Å². The molecule has 0 aliphatic heterocycles. The molecule has 0 radical (unpaired) electrons. The van der Waals surface area contributed by atoms with Gasteiger partial charge in [0.05, 0.1) is 0 Å². The third kappa shape index (κ3) is 9.44. The van der Waals surface area contributed by atoms with E-state index in [-0.39, 0.29) is 11.8 Å². The Morgan fingerprint density at radius 3 is 2.27 bits per heavy atom. The molecule has 2 N–H and O–H groups in total. The third-order valence-electron chi connectivity index (χ3n) is 5.26. The Balaban J connectivity index is 3.32. The maximum absolute atomic E-state index is 13.6. The summed E-state index contributed by atoms with van der Waals surface area (Å²) in [4.78, 5) is 40.9. The minimum Gasteiger partial charge on any atom is -0.444 e. The normalized spacial score (nSPS) is 13.1. The van der Waals surface area contributed by atoms with Crippen molar-refractivity contribution in [3.8, 4) is 0 Å². The molecular weight excluding hydrogens is 418 g/mol. The molecule has 0 aliphatic rings. The first-order valence-corrected chi connectivity index (χ1v) is 12.1. The number of rotatable bonds is 11. The van der Waals surface area contributed by atoms with Gasteiger partial charge in [0.25, 0.3) is 0 Å². The summed E-state index contributed by atoms with van der Waals surface area (Å²) < 4.78 is 5.31. The number of nitrogens with zero attached hydrogens (tertiary/aromatic N) is 1. The summed E-state index contributed by atoms with van der Waals surface area (Å²) in [6, 6.07) is 4.33. The average Bonchev–Trinajstić information content (AvgIpc) is 2.71. The molecule has 1 aromatic rings. The molecule has 0 bridgehead atoms. The van der Waals surface area contributed by atoms with E-state index in [1.54, 1.807) is 32.6 Å². The molecule has 0 spiro atoms. The Labute approximate surface area is 199 Å². The van der Waals surface area contributed by atoms with Crippen molar-refractivity contribution in [2.45, 2.75) is 98.8 Å². The van der Waals surface area contributed by atoms with E-state index in [1.807, 2.05) is 39.0 Å². The second-order valence-electron chi connectivity index (χ2n) is 9.66. The van der Waals surface area contributed by atoms with Gasteiger partial charge in [0, 0.05) is 13.1 Å². The van der Waals surface area contributed by atoms with Gasteiger partial charge in [-0.1, -0.05) is 50.5 Å². The summed E-state index contributed by atoms with van der Waals surface area (Å²) >= 11 is 0. The number of hydrogen-bond donors (Lipinski definition) is 2. The minimum atomic E-state index is -0.840. The largest absolute Gasteiger partial charge is 0.444 e. The van der Waals surface area contributed by atoms with E-state index in [2.05, 4.69) is 17.6 Å². The molecule has 186 valence electrons. The molecule has 0 aromatic heterocycles. The number of unbranched alkanes of at least 4 members (excludes halogenated alkanes) is 2. The highest BCUT2D eigenvalue weighted by atomic mass is 16.6. The van der Waals surface area contributed by atoms with E-state index in [0.29, 0.717) is 13.1 Å². The van der Waals surface area contributed by atoms with Crippen LogP contribution in [0.15, 0.2) is 18.2 Å². The quantitative estimate of drug-likeness (QED) is 0.463. The molecular formula is C26H43N3O4. The average molecular weight is 462 g/mol. The number of hydrogen-bond acceptors (Lipinski definition) is 4. The van der Waals surface area contributed by atoms with Gasteiger partial charge in [0.1, 0.15) is 17.7 Å². The van der Waals surface area contributed by atoms with Crippen LogP contribution in [0.4, 0.5) is 4.79 Å². The van der Waals surface area contributed by atoms with Gasteiger partial charge < -0.3 is 20.3 Å². The number of carbonyl (C=O) groups excluding carboxylic acids is 3. The highest BCUT2D eigenvalue weighted by Gasteiger charge is 2.35. The highest BCUT2D eigenvalue weighted by molar-refractivity contribution is 5.92. The minimum absolute atomic E-state index is 0.203. The van der Waals surface area contributed by atoms with Crippen LogP contribution in [-0.4, -0.2) is 47.5 Å². The lowest BCUT2D eigenvalue weighted by Gasteiger charge is -2.34. The fourth-order valence-electron chi connectivity index (χ4n) is 3.48. The summed E-state index contributed by atoms with van der Waals surface area (Å²) in [5.41, 5.74) is 2.09. The monoisotopic (exact) mass is 461 g/mol. The highest BCUT2D eigenvalue weighted by Crippen LogP contribution is 2.27. The second-order valence-corrected chi connectivity index (χ2v) is 9.66. The van der Waals surface area contributed by atoms with Gasteiger partial charge in [0.2, 0.25) is 11.8 Å². The van der Waals surface area contributed by atoms with Crippen molar-refractivity contribution < 1.29 is 19.1 Å². The van der Waals surface area contributed by atoms with Gasteiger partial charge >= 0.3 is 6.09 Å². The zero-order chi connectivity index (χ0) is 25.2. The Morgan fingerprint density at radius 1 is 1.06 bits per heavy atom. The first-order chi connectivity index (χ1) is 15.4. The Kier molecular flexibility index (Phi) is 11.4. The summed E-state index contributed by atoms with van der Waals surface area (Å²) in [6.07, 6.45) is 2.78. The summed E-state index contributed by atoms with van der Waals surface area (Å²) in [7, 11) is 0. The smallest absolute Gasteiger partial charge is 0.408 e. The molecule has 33 heavy (non-hydrogen) atoms. The van der Waals surface area contributed by atoms with Crippen LogP contribution in [0.1, 0.15) is 90.0 Å². The zero-order valence-corrected chi connectivity index (χ0v) is 21.7. The number of carbonyl (C=O) groups is 3. The molecule has 1 aromatic carbocycles. The Morgan fingerprint density at radius 2 is 1.70 bits per heavy atom. The van der Waals surface area contributed by atoms with Crippen LogP contribution in [0, 0.1) is 13.8 Å². The van der Waals surface area contributed by atoms with Crippen molar-refractivity contribution in [3.05, 3.63) is 34.9 Å². The molecule has 0 saturated heterocycles. The Bertz CT molecular complexity index is 801. The summed E-state index contributed by atoms with van der Waals surface area (Å²) in [5.74, 6) is -0.517. The number of amides is 3. The first-order valence-electron chi connectivity index (χ1n) is 12.1. The molecule has 2 unspecified atom stereocenters. The van der Waals surface area contributed by atoms with E-state index in [9.17, 15) is 14.4 Å². The zero-order valence-electron chi connectivity index (χ0n) is 21.7. The fraction of sp³-hybridized carbons (Fsp3) is 0.654. The first kappa shape index (κ1) is 28.5. The molecule has 0 saturated carbocycles. The van der Waals surface area contributed by atoms with Gasteiger partial charge in [-0.15, -0.1) is 0 Å². The van der Waals surface area contributed by atoms with E-state index >= 15 is 0 Å². The van der Waals surface area contributed by atoms with Crippen molar-refractivity contribution >= 4 is 17.9 Å². The van der Waals surface area contributed by atoms with Crippen LogP contribution in [0.25, 0.3) is 0 Å². The summed E-state index contributed by atoms with van der Waals surface area (Å²) in [5, 5.41) is 5.64. The standard InChI is InChI=1S/C26H43N3O4/c1-9-11-15-27-23(30)22(21-17-18(3)13-14-19(21)4)29(16-12-10-2)24(31)20(5)28-25(32)33-26(6,7)8/h13-14,17,20,22H,9-12,15-16H2,1-8H3,(H,27,30)(H,28,32). The molecule has 0 fully saturated rings. The second kappa shape index (κ2) is 13.2. The van der Waals surface area contributed by atoms with E-state index in [4.69, 9.17) is 4.74 Å².